The van der Waals surface area contributed by atoms with Gasteiger partial charge in [0, 0.05) is 45.4 Å². The van der Waals surface area contributed by atoms with Gasteiger partial charge in [-0.3, -0.25) is 14.4 Å². The van der Waals surface area contributed by atoms with E-state index in [1.54, 1.807) is 29.1 Å². The molecule has 0 saturated carbocycles. The minimum Gasteiger partial charge on any atom is -0.345 e. The van der Waals surface area contributed by atoms with Crippen molar-refractivity contribution in [2.75, 3.05) is 20.1 Å². The summed E-state index contributed by atoms with van der Waals surface area (Å²) in [6.07, 6.45) is 2.69. The molecular weight excluding hydrogens is 258 g/mol. The summed E-state index contributed by atoms with van der Waals surface area (Å²) in [7, 11) is 1.73. The Balaban J connectivity index is 1.74. The lowest BCUT2D eigenvalue weighted by Crippen LogP contribution is -2.40. The number of amides is 2. The molecule has 0 radical (unpaired) electrons. The number of hydrogen-bond donors (Lipinski definition) is 1. The molecule has 0 aliphatic carbocycles. The fourth-order valence-electron chi connectivity index (χ4n) is 2.94. The molecule has 1 aromatic heterocycles. The normalized spacial score (nSPS) is 22.1. The molecule has 2 aliphatic rings. The van der Waals surface area contributed by atoms with Crippen molar-refractivity contribution in [3.05, 3.63) is 33.7 Å². The van der Waals surface area contributed by atoms with Crippen LogP contribution in [0.5, 0.6) is 0 Å². The largest absolute Gasteiger partial charge is 0.345 e. The van der Waals surface area contributed by atoms with Crippen LogP contribution in [0.15, 0.2) is 17.1 Å². The maximum absolute atomic E-state index is 12.4. The van der Waals surface area contributed by atoms with Crippen LogP contribution in [0.25, 0.3) is 0 Å². The molecule has 3 heterocycles. The average Bonchev–Trinajstić information content (AvgIpc) is 2.77. The minimum atomic E-state index is -0.225. The molecule has 6 heteroatoms. The number of rotatable bonds is 1. The van der Waals surface area contributed by atoms with Crippen LogP contribution in [0.1, 0.15) is 17.5 Å². The first-order valence-corrected chi connectivity index (χ1v) is 6.78. The molecule has 106 valence electrons. The van der Waals surface area contributed by atoms with Gasteiger partial charge in [0.25, 0.3) is 0 Å². The fraction of sp³-hybridized carbons (Fsp3) is 0.500. The summed E-state index contributed by atoms with van der Waals surface area (Å²) in [6.45, 7) is 1.63. The Kier molecular flexibility index (Phi) is 3.08. The van der Waals surface area contributed by atoms with Crippen LogP contribution in [-0.4, -0.2) is 46.7 Å². The van der Waals surface area contributed by atoms with Crippen LogP contribution < -0.4 is 5.56 Å². The Morgan fingerprint density at radius 2 is 2.15 bits per heavy atom. The Bertz CT molecular complexity index is 622. The highest BCUT2D eigenvalue weighted by Gasteiger charge is 2.35. The number of aromatic nitrogens is 1. The molecule has 2 amide bonds. The molecule has 1 fully saturated rings. The van der Waals surface area contributed by atoms with Crippen LogP contribution in [0, 0.1) is 5.92 Å². The van der Waals surface area contributed by atoms with E-state index in [9.17, 15) is 14.4 Å². The van der Waals surface area contributed by atoms with Crippen LogP contribution in [0.3, 0.4) is 0 Å². The highest BCUT2D eigenvalue weighted by Crippen LogP contribution is 2.23. The molecule has 20 heavy (non-hydrogen) atoms. The van der Waals surface area contributed by atoms with Gasteiger partial charge in [-0.05, 0) is 17.5 Å². The zero-order chi connectivity index (χ0) is 14.3. The molecule has 1 atom stereocenters. The van der Waals surface area contributed by atoms with Crippen molar-refractivity contribution < 1.29 is 9.59 Å². The Morgan fingerprint density at radius 3 is 2.85 bits per heavy atom. The van der Waals surface area contributed by atoms with E-state index >= 15 is 0 Å². The van der Waals surface area contributed by atoms with E-state index in [2.05, 4.69) is 4.98 Å². The molecule has 2 aliphatic heterocycles. The third kappa shape index (κ3) is 2.21. The van der Waals surface area contributed by atoms with Crippen molar-refractivity contribution in [2.24, 2.45) is 5.92 Å². The van der Waals surface area contributed by atoms with E-state index in [-0.39, 0.29) is 23.3 Å². The van der Waals surface area contributed by atoms with Crippen molar-refractivity contribution >= 4 is 11.8 Å². The zero-order valence-electron chi connectivity index (χ0n) is 11.4. The summed E-state index contributed by atoms with van der Waals surface area (Å²) in [5.74, 6) is -0.151. The van der Waals surface area contributed by atoms with Gasteiger partial charge in [0.15, 0.2) is 0 Å². The second-order valence-corrected chi connectivity index (χ2v) is 5.53. The maximum atomic E-state index is 12.4. The summed E-state index contributed by atoms with van der Waals surface area (Å²) < 4.78 is 0. The summed E-state index contributed by atoms with van der Waals surface area (Å²) in [4.78, 5) is 41.3. The molecular formula is C14H17N3O3. The monoisotopic (exact) mass is 275 g/mol. The number of likely N-dealkylation sites (tertiary alicyclic amines) is 1. The van der Waals surface area contributed by atoms with Gasteiger partial charge in [-0.15, -0.1) is 0 Å². The van der Waals surface area contributed by atoms with E-state index in [0.717, 1.165) is 11.1 Å². The van der Waals surface area contributed by atoms with E-state index in [1.807, 2.05) is 0 Å². The van der Waals surface area contributed by atoms with Gasteiger partial charge < -0.3 is 14.8 Å². The predicted molar refractivity (Wildman–Crippen MR) is 71.9 cm³/mol. The van der Waals surface area contributed by atoms with Gasteiger partial charge in [0.1, 0.15) is 0 Å². The summed E-state index contributed by atoms with van der Waals surface area (Å²) in [5, 5.41) is 0. The van der Waals surface area contributed by atoms with Crippen molar-refractivity contribution in [1.29, 1.82) is 0 Å². The second kappa shape index (κ2) is 4.77. The van der Waals surface area contributed by atoms with Gasteiger partial charge in [0.2, 0.25) is 17.4 Å². The number of pyridine rings is 1. The van der Waals surface area contributed by atoms with Crippen LogP contribution in [0.2, 0.25) is 0 Å². The molecule has 0 spiro atoms. The first kappa shape index (κ1) is 12.9. The number of fused-ring (bicyclic) bond motifs is 1. The lowest BCUT2D eigenvalue weighted by Gasteiger charge is -2.30. The van der Waals surface area contributed by atoms with Crippen LogP contribution in [0.4, 0.5) is 0 Å². The number of hydrogen-bond acceptors (Lipinski definition) is 3. The predicted octanol–water partition coefficient (Wildman–Crippen LogP) is -0.262. The molecule has 3 rings (SSSR count). The number of carbonyl (C=O) groups is 2. The fourth-order valence-corrected chi connectivity index (χ4v) is 2.94. The summed E-state index contributed by atoms with van der Waals surface area (Å²) in [5.41, 5.74) is 1.89. The highest BCUT2D eigenvalue weighted by atomic mass is 16.2. The highest BCUT2D eigenvalue weighted by molar-refractivity contribution is 5.89. The summed E-state index contributed by atoms with van der Waals surface area (Å²) >= 11 is 0. The molecule has 1 saturated heterocycles. The maximum Gasteiger partial charge on any atom is 0.248 e. The second-order valence-electron chi connectivity index (χ2n) is 5.53. The van der Waals surface area contributed by atoms with Crippen molar-refractivity contribution in [2.45, 2.75) is 19.4 Å². The Morgan fingerprint density at radius 1 is 1.35 bits per heavy atom. The van der Waals surface area contributed by atoms with Crippen molar-refractivity contribution in [3.63, 3.8) is 0 Å². The lowest BCUT2D eigenvalue weighted by molar-refractivity contribution is -0.136. The first-order chi connectivity index (χ1) is 9.54. The topological polar surface area (TPSA) is 73.5 Å². The number of nitrogens with zero attached hydrogens (tertiary/aromatic N) is 2. The quantitative estimate of drug-likeness (QED) is 0.767. The molecule has 6 nitrogen and oxygen atoms in total. The molecule has 1 N–H and O–H groups in total. The minimum absolute atomic E-state index is 0.0325. The van der Waals surface area contributed by atoms with Crippen molar-refractivity contribution in [3.8, 4) is 0 Å². The standard InChI is InChI=1S/C14H17N3O3/c1-16-7-10(5-13(16)19)14(20)17-3-2-9-4-12(18)15-6-11(9)8-17/h4,6,10H,2-3,5,7-8H2,1H3,(H,15,18). The van der Waals surface area contributed by atoms with E-state index in [0.29, 0.717) is 32.5 Å². The average molecular weight is 275 g/mol. The zero-order valence-corrected chi connectivity index (χ0v) is 11.4. The molecule has 1 aromatic rings. The number of aromatic amines is 1. The number of nitrogens with one attached hydrogen (secondary N) is 1. The van der Waals surface area contributed by atoms with E-state index in [1.165, 1.54) is 0 Å². The van der Waals surface area contributed by atoms with Gasteiger partial charge in [-0.1, -0.05) is 0 Å². The molecule has 0 aromatic carbocycles. The van der Waals surface area contributed by atoms with E-state index in [4.69, 9.17) is 0 Å². The Hall–Kier alpha value is -2.11. The first-order valence-electron chi connectivity index (χ1n) is 6.78. The molecule has 0 bridgehead atoms. The van der Waals surface area contributed by atoms with E-state index < -0.39 is 0 Å². The number of H-pyrrole nitrogens is 1. The smallest absolute Gasteiger partial charge is 0.248 e. The van der Waals surface area contributed by atoms with Gasteiger partial charge in [-0.2, -0.15) is 0 Å². The Labute approximate surface area is 116 Å². The summed E-state index contributed by atoms with van der Waals surface area (Å²) in [6, 6.07) is 1.60. The van der Waals surface area contributed by atoms with Gasteiger partial charge in [-0.25, -0.2) is 0 Å². The lowest BCUT2D eigenvalue weighted by atomic mass is 9.99. The third-order valence-electron chi connectivity index (χ3n) is 4.12. The number of carbonyl (C=O) groups excluding carboxylic acids is 2. The van der Waals surface area contributed by atoms with Gasteiger partial charge in [0.05, 0.1) is 5.92 Å². The third-order valence-corrected chi connectivity index (χ3v) is 4.12. The van der Waals surface area contributed by atoms with Crippen LogP contribution in [-0.2, 0) is 22.6 Å². The van der Waals surface area contributed by atoms with Crippen LogP contribution >= 0.6 is 0 Å². The van der Waals surface area contributed by atoms with Crippen molar-refractivity contribution in [1.82, 2.24) is 14.8 Å². The molecule has 1 unspecified atom stereocenters. The SMILES string of the molecule is CN1CC(C(=O)N2CCc3cc(=O)[nH]cc3C2)CC1=O. The van der Waals surface area contributed by atoms with Gasteiger partial charge >= 0.3 is 0 Å².